The van der Waals surface area contributed by atoms with Crippen LogP contribution >= 0.6 is 22.7 Å². The third-order valence-corrected chi connectivity index (χ3v) is 10.3. The summed E-state index contributed by atoms with van der Waals surface area (Å²) < 4.78 is 2.05. The lowest BCUT2D eigenvalue weighted by atomic mass is 10.0. The fourth-order valence-corrected chi connectivity index (χ4v) is 7.19. The van der Waals surface area contributed by atoms with Crippen LogP contribution in [0, 0.1) is 0 Å². The molecule has 0 fully saturated rings. The van der Waals surface area contributed by atoms with E-state index in [4.69, 9.17) is 0 Å². The van der Waals surface area contributed by atoms with E-state index in [-0.39, 0.29) is 29.9 Å². The van der Waals surface area contributed by atoms with E-state index in [1.54, 1.807) is 30.0 Å². The van der Waals surface area contributed by atoms with E-state index in [9.17, 15) is 14.4 Å². The lowest BCUT2D eigenvalue weighted by Gasteiger charge is -2.26. The number of benzene rings is 4. The Hall–Kier alpha value is -6.05. The van der Waals surface area contributed by atoms with Gasteiger partial charge in [0.1, 0.15) is 17.8 Å². The molecule has 0 spiro atoms. The first-order valence-electron chi connectivity index (χ1n) is 16.5. The van der Waals surface area contributed by atoms with E-state index in [2.05, 4.69) is 30.6 Å². The fraction of sp³-hybridized carbons (Fsp3) is 0.154. The van der Waals surface area contributed by atoms with Crippen molar-refractivity contribution in [3.8, 4) is 0 Å². The standard InChI is InChI=1S/C39H34N8O3S2/c1-46(27-13-15-34-30(21-27)41-23-51-34)37(49)32(19-25-9-5-3-6-10-25)43-36(48)29-17-18-40-39(44-29)45-33(20-26-11-7-4-8-12-26)38(50)47(2)28-14-16-35-31(22-28)42-24-52-35/h3-18,21-24,32-33H,19-20H2,1-2H3,(H,43,48)(H,40,44,45)/t32-,33-/m0/s1. The van der Waals surface area contributed by atoms with Crippen LogP contribution in [0.1, 0.15) is 21.6 Å². The zero-order chi connectivity index (χ0) is 36.0. The highest BCUT2D eigenvalue weighted by atomic mass is 32.1. The number of rotatable bonds is 12. The third kappa shape index (κ3) is 7.80. The average Bonchev–Trinajstić information content (AvgIpc) is 3.86. The number of nitrogens with one attached hydrogen (secondary N) is 2. The van der Waals surface area contributed by atoms with E-state index in [0.717, 1.165) is 31.6 Å². The molecular formula is C39H34N8O3S2. The van der Waals surface area contributed by atoms with Crippen molar-refractivity contribution >= 4 is 78.2 Å². The van der Waals surface area contributed by atoms with E-state index in [0.29, 0.717) is 17.8 Å². The highest BCUT2D eigenvalue weighted by molar-refractivity contribution is 7.17. The summed E-state index contributed by atoms with van der Waals surface area (Å²) in [4.78, 5) is 62.6. The maximum atomic E-state index is 14.0. The maximum absolute atomic E-state index is 14.0. The van der Waals surface area contributed by atoms with Crippen molar-refractivity contribution in [3.63, 3.8) is 0 Å². The van der Waals surface area contributed by atoms with E-state index in [1.165, 1.54) is 39.8 Å². The van der Waals surface area contributed by atoms with Gasteiger partial charge in [0.05, 0.1) is 31.5 Å². The number of carbonyl (C=O) groups excluding carboxylic acids is 3. The molecule has 13 heteroatoms. The second-order valence-corrected chi connectivity index (χ2v) is 13.9. The SMILES string of the molecule is CN(C(=O)[C@H](Cc1ccccc1)NC(=O)c1ccnc(N[C@@H](Cc2ccccc2)C(=O)N(C)c2ccc3scnc3c2)n1)c1ccc2scnc2c1. The van der Waals surface area contributed by atoms with Crippen LogP contribution in [0.5, 0.6) is 0 Å². The number of hydrogen-bond donors (Lipinski definition) is 2. The molecule has 3 aromatic heterocycles. The Labute approximate surface area is 308 Å². The van der Waals surface area contributed by atoms with Crippen LogP contribution in [-0.4, -0.2) is 63.8 Å². The number of nitrogens with zero attached hydrogens (tertiary/aromatic N) is 6. The molecule has 0 radical (unpaired) electrons. The summed E-state index contributed by atoms with van der Waals surface area (Å²) in [7, 11) is 3.40. The highest BCUT2D eigenvalue weighted by Gasteiger charge is 2.28. The summed E-state index contributed by atoms with van der Waals surface area (Å²) >= 11 is 3.06. The normalized spacial score (nSPS) is 12.3. The summed E-state index contributed by atoms with van der Waals surface area (Å²) in [6.45, 7) is 0. The Morgan fingerprint density at radius 1 is 0.654 bits per heavy atom. The van der Waals surface area contributed by atoms with Gasteiger partial charge >= 0.3 is 0 Å². The van der Waals surface area contributed by atoms with Crippen LogP contribution in [-0.2, 0) is 22.4 Å². The number of carbonyl (C=O) groups is 3. The van der Waals surface area contributed by atoms with Gasteiger partial charge in [0.25, 0.3) is 5.91 Å². The third-order valence-electron chi connectivity index (χ3n) is 8.72. The zero-order valence-electron chi connectivity index (χ0n) is 28.3. The average molecular weight is 727 g/mol. The van der Waals surface area contributed by atoms with Gasteiger partial charge in [0.2, 0.25) is 17.8 Å². The monoisotopic (exact) mass is 726 g/mol. The summed E-state index contributed by atoms with van der Waals surface area (Å²) in [6.07, 6.45) is 2.06. The Bertz CT molecular complexity index is 2350. The molecule has 260 valence electrons. The van der Waals surface area contributed by atoms with Crippen LogP contribution in [0.4, 0.5) is 17.3 Å². The molecule has 2 atom stereocenters. The predicted octanol–water partition coefficient (Wildman–Crippen LogP) is 6.39. The van der Waals surface area contributed by atoms with E-state index in [1.807, 2.05) is 97.1 Å². The van der Waals surface area contributed by atoms with Gasteiger partial charge in [-0.2, -0.15) is 0 Å². The minimum Gasteiger partial charge on any atom is -0.342 e. The minimum atomic E-state index is -0.909. The second kappa shape index (κ2) is 15.5. The molecule has 0 saturated carbocycles. The predicted molar refractivity (Wildman–Crippen MR) is 207 cm³/mol. The van der Waals surface area contributed by atoms with Crippen molar-refractivity contribution in [2.24, 2.45) is 0 Å². The molecule has 11 nitrogen and oxygen atoms in total. The van der Waals surface area contributed by atoms with Gasteiger partial charge < -0.3 is 20.4 Å². The van der Waals surface area contributed by atoms with Crippen molar-refractivity contribution in [3.05, 3.63) is 137 Å². The van der Waals surface area contributed by atoms with Crippen molar-refractivity contribution < 1.29 is 14.4 Å². The first-order valence-corrected chi connectivity index (χ1v) is 18.3. The summed E-state index contributed by atoms with van der Waals surface area (Å²) in [6, 6.07) is 30.3. The molecule has 0 aliphatic rings. The van der Waals surface area contributed by atoms with Gasteiger partial charge in [-0.3, -0.25) is 14.4 Å². The Kier molecular flexibility index (Phi) is 10.2. The number of fused-ring (bicyclic) bond motifs is 2. The number of amides is 3. The molecule has 4 aromatic carbocycles. The molecule has 0 unspecified atom stereocenters. The lowest BCUT2D eigenvalue weighted by molar-refractivity contribution is -0.120. The first-order chi connectivity index (χ1) is 25.3. The van der Waals surface area contributed by atoms with E-state index < -0.39 is 18.0 Å². The van der Waals surface area contributed by atoms with Gasteiger partial charge in [-0.25, -0.2) is 19.9 Å². The first kappa shape index (κ1) is 34.4. The minimum absolute atomic E-state index is 0.0446. The molecule has 7 rings (SSSR count). The molecule has 2 N–H and O–H groups in total. The summed E-state index contributed by atoms with van der Waals surface area (Å²) in [5.41, 5.74) is 8.37. The Balaban J connectivity index is 1.12. The number of anilines is 3. The van der Waals surface area contributed by atoms with Crippen LogP contribution in [0.15, 0.2) is 120 Å². The number of aromatic nitrogens is 4. The lowest BCUT2D eigenvalue weighted by Crippen LogP contribution is -2.49. The van der Waals surface area contributed by atoms with Crippen molar-refractivity contribution in [1.82, 2.24) is 25.3 Å². The number of hydrogen-bond acceptors (Lipinski definition) is 10. The molecule has 0 aliphatic carbocycles. The smallest absolute Gasteiger partial charge is 0.270 e. The fourth-order valence-electron chi connectivity index (χ4n) is 5.87. The van der Waals surface area contributed by atoms with E-state index >= 15 is 0 Å². The number of thiazole rings is 2. The highest BCUT2D eigenvalue weighted by Crippen LogP contribution is 2.26. The van der Waals surface area contributed by atoms with Gasteiger partial charge in [0.15, 0.2) is 0 Å². The van der Waals surface area contributed by atoms with Gasteiger partial charge in [0, 0.05) is 44.5 Å². The van der Waals surface area contributed by atoms with Crippen LogP contribution in [0.2, 0.25) is 0 Å². The quantitative estimate of drug-likeness (QED) is 0.148. The Morgan fingerprint density at radius 2 is 1.17 bits per heavy atom. The molecule has 7 aromatic rings. The summed E-state index contributed by atoms with van der Waals surface area (Å²) in [5.74, 6) is -0.969. The topological polar surface area (TPSA) is 133 Å². The zero-order valence-corrected chi connectivity index (χ0v) is 30.0. The second-order valence-electron chi connectivity index (χ2n) is 12.2. The molecule has 52 heavy (non-hydrogen) atoms. The largest absolute Gasteiger partial charge is 0.342 e. The maximum Gasteiger partial charge on any atom is 0.270 e. The molecule has 3 heterocycles. The molecule has 0 saturated heterocycles. The molecule has 3 amide bonds. The van der Waals surface area contributed by atoms with Crippen LogP contribution in [0.3, 0.4) is 0 Å². The van der Waals surface area contributed by atoms with Gasteiger partial charge in [-0.05, 0) is 53.6 Å². The van der Waals surface area contributed by atoms with Crippen molar-refractivity contribution in [2.45, 2.75) is 24.9 Å². The van der Waals surface area contributed by atoms with Gasteiger partial charge in [-0.15, -0.1) is 22.7 Å². The molecule has 0 aliphatic heterocycles. The molecule has 0 bridgehead atoms. The summed E-state index contributed by atoms with van der Waals surface area (Å²) in [5, 5.41) is 6.10. The van der Waals surface area contributed by atoms with Crippen LogP contribution < -0.4 is 20.4 Å². The van der Waals surface area contributed by atoms with Gasteiger partial charge in [-0.1, -0.05) is 60.7 Å². The Morgan fingerprint density at radius 3 is 1.73 bits per heavy atom. The van der Waals surface area contributed by atoms with Crippen molar-refractivity contribution in [2.75, 3.05) is 29.2 Å². The number of likely N-dealkylation sites (N-methyl/N-ethyl adjacent to an activating group) is 2. The molecular weight excluding hydrogens is 693 g/mol. The van der Waals surface area contributed by atoms with Crippen molar-refractivity contribution in [1.29, 1.82) is 0 Å². The van der Waals surface area contributed by atoms with Crippen LogP contribution in [0.25, 0.3) is 20.4 Å².